The predicted octanol–water partition coefficient (Wildman–Crippen LogP) is 3.44. The smallest absolute Gasteiger partial charge is 0.243 e. The summed E-state index contributed by atoms with van der Waals surface area (Å²) in [6, 6.07) is 14.7. The van der Waals surface area contributed by atoms with Crippen LogP contribution >= 0.6 is 11.6 Å². The molecule has 1 unspecified atom stereocenters. The van der Waals surface area contributed by atoms with Crippen molar-refractivity contribution in [1.82, 2.24) is 9.80 Å². The Morgan fingerprint density at radius 3 is 2.50 bits per heavy atom. The molecule has 0 saturated carbocycles. The summed E-state index contributed by atoms with van der Waals surface area (Å²) >= 11 is 6.05. The number of nitrogens with zero attached hydrogens (tertiary/aromatic N) is 2. The first-order chi connectivity index (χ1) is 13.3. The van der Waals surface area contributed by atoms with Gasteiger partial charge in [0.15, 0.2) is 0 Å². The Bertz CT molecular complexity index is 828. The van der Waals surface area contributed by atoms with Gasteiger partial charge in [-0.2, -0.15) is 0 Å². The molecule has 1 atom stereocenters. The Labute approximate surface area is 171 Å². The second-order valence-corrected chi connectivity index (χ2v) is 7.11. The van der Waals surface area contributed by atoms with Crippen molar-refractivity contribution in [3.8, 4) is 5.75 Å². The van der Waals surface area contributed by atoms with Crippen LogP contribution in [0.3, 0.4) is 0 Å². The van der Waals surface area contributed by atoms with Crippen molar-refractivity contribution >= 4 is 29.1 Å². The first-order valence-corrected chi connectivity index (χ1v) is 9.31. The highest BCUT2D eigenvalue weighted by molar-refractivity contribution is 6.30. The van der Waals surface area contributed by atoms with E-state index in [9.17, 15) is 9.59 Å². The molecule has 2 amide bonds. The van der Waals surface area contributed by atoms with Crippen molar-refractivity contribution in [2.75, 3.05) is 39.6 Å². The zero-order valence-electron chi connectivity index (χ0n) is 16.6. The van der Waals surface area contributed by atoms with Gasteiger partial charge in [-0.05, 0) is 43.8 Å². The lowest BCUT2D eigenvalue weighted by molar-refractivity contribution is -0.134. The molecular formula is C21H26ClN3O3. The third-order valence-electron chi connectivity index (χ3n) is 4.54. The van der Waals surface area contributed by atoms with Crippen LogP contribution in [0.2, 0.25) is 5.02 Å². The fraction of sp³-hybridized carbons (Fsp3) is 0.333. The summed E-state index contributed by atoms with van der Waals surface area (Å²) in [7, 11) is 5.05. The number of amides is 2. The quantitative estimate of drug-likeness (QED) is 0.733. The van der Waals surface area contributed by atoms with Gasteiger partial charge in [-0.1, -0.05) is 29.8 Å². The van der Waals surface area contributed by atoms with Crippen LogP contribution in [0.25, 0.3) is 0 Å². The number of likely N-dealkylation sites (N-methyl/N-ethyl adjacent to an activating group) is 2. The van der Waals surface area contributed by atoms with E-state index in [1.165, 1.54) is 4.90 Å². The number of methoxy groups -OCH3 is 1. The van der Waals surface area contributed by atoms with E-state index < -0.39 is 0 Å². The molecule has 0 heterocycles. The van der Waals surface area contributed by atoms with Crippen LogP contribution in [0.15, 0.2) is 48.5 Å². The lowest BCUT2D eigenvalue weighted by Crippen LogP contribution is -2.41. The van der Waals surface area contributed by atoms with E-state index in [0.717, 1.165) is 5.56 Å². The van der Waals surface area contributed by atoms with Crippen molar-refractivity contribution < 1.29 is 14.3 Å². The van der Waals surface area contributed by atoms with Gasteiger partial charge < -0.3 is 15.0 Å². The van der Waals surface area contributed by atoms with Crippen LogP contribution in [-0.4, -0.2) is 55.9 Å². The van der Waals surface area contributed by atoms with Crippen molar-refractivity contribution in [3.05, 3.63) is 59.1 Å². The highest BCUT2D eigenvalue weighted by atomic mass is 35.5. The number of halogens is 1. The molecule has 0 spiro atoms. The van der Waals surface area contributed by atoms with E-state index >= 15 is 0 Å². The average Bonchev–Trinajstić information content (AvgIpc) is 2.67. The summed E-state index contributed by atoms with van der Waals surface area (Å²) in [5.41, 5.74) is 1.65. The van der Waals surface area contributed by atoms with Gasteiger partial charge in [0.2, 0.25) is 11.8 Å². The van der Waals surface area contributed by atoms with Crippen LogP contribution in [-0.2, 0) is 9.59 Å². The molecule has 0 bridgehead atoms. The Kier molecular flexibility index (Phi) is 7.84. The molecule has 2 aromatic carbocycles. The molecule has 6 nitrogen and oxygen atoms in total. The van der Waals surface area contributed by atoms with Crippen molar-refractivity contribution in [1.29, 1.82) is 0 Å². The second kappa shape index (κ2) is 10.1. The number of carbonyl (C=O) groups excluding carboxylic acids is 2. The number of rotatable bonds is 8. The zero-order valence-corrected chi connectivity index (χ0v) is 17.4. The molecule has 2 rings (SSSR count). The Hall–Kier alpha value is -2.57. The molecule has 0 radical (unpaired) electrons. The lowest BCUT2D eigenvalue weighted by atomic mass is 10.1. The number of ether oxygens (including phenoxy) is 1. The highest BCUT2D eigenvalue weighted by Crippen LogP contribution is 2.21. The van der Waals surface area contributed by atoms with E-state index in [0.29, 0.717) is 16.5 Å². The number of anilines is 1. The van der Waals surface area contributed by atoms with Crippen LogP contribution in [0.4, 0.5) is 5.69 Å². The Morgan fingerprint density at radius 2 is 1.82 bits per heavy atom. The summed E-state index contributed by atoms with van der Waals surface area (Å²) in [6.07, 6.45) is 0. The molecule has 0 saturated heterocycles. The van der Waals surface area contributed by atoms with Crippen LogP contribution in [0, 0.1) is 0 Å². The SMILES string of the molecule is COc1cccc(NC(=O)CN(C)C(=O)CN(C)C(C)c2cccc(Cl)c2)c1. The molecular weight excluding hydrogens is 378 g/mol. The van der Waals surface area contributed by atoms with E-state index in [2.05, 4.69) is 5.32 Å². The fourth-order valence-electron chi connectivity index (χ4n) is 2.70. The van der Waals surface area contributed by atoms with Gasteiger partial charge in [-0.3, -0.25) is 14.5 Å². The highest BCUT2D eigenvalue weighted by Gasteiger charge is 2.19. The van der Waals surface area contributed by atoms with Gasteiger partial charge in [0.1, 0.15) is 5.75 Å². The molecule has 0 aromatic heterocycles. The van der Waals surface area contributed by atoms with Crippen molar-refractivity contribution in [3.63, 3.8) is 0 Å². The molecule has 28 heavy (non-hydrogen) atoms. The van der Waals surface area contributed by atoms with Gasteiger partial charge in [0.05, 0.1) is 20.2 Å². The Balaban J connectivity index is 1.88. The topological polar surface area (TPSA) is 61.9 Å². The van der Waals surface area contributed by atoms with E-state index in [1.807, 2.05) is 43.1 Å². The average molecular weight is 404 g/mol. The molecule has 2 aromatic rings. The fourth-order valence-corrected chi connectivity index (χ4v) is 2.90. The standard InChI is InChI=1S/C21H26ClN3O3/c1-15(16-7-5-8-17(22)11-16)24(2)14-21(27)25(3)13-20(26)23-18-9-6-10-19(12-18)28-4/h5-12,15H,13-14H2,1-4H3,(H,23,26). The van der Waals surface area contributed by atoms with Gasteiger partial charge in [-0.25, -0.2) is 0 Å². The minimum atomic E-state index is -0.269. The largest absolute Gasteiger partial charge is 0.497 e. The molecule has 7 heteroatoms. The number of benzene rings is 2. The summed E-state index contributed by atoms with van der Waals surface area (Å²) in [5.74, 6) is 0.241. The van der Waals surface area contributed by atoms with Crippen LogP contribution < -0.4 is 10.1 Å². The lowest BCUT2D eigenvalue weighted by Gasteiger charge is -2.27. The van der Waals surface area contributed by atoms with E-state index in [1.54, 1.807) is 38.4 Å². The first kappa shape index (κ1) is 21.7. The number of hydrogen-bond acceptors (Lipinski definition) is 4. The van der Waals surface area contributed by atoms with Crippen molar-refractivity contribution in [2.45, 2.75) is 13.0 Å². The normalized spacial score (nSPS) is 11.8. The molecule has 1 N–H and O–H groups in total. The summed E-state index contributed by atoms with van der Waals surface area (Å²) in [4.78, 5) is 28.1. The maximum atomic E-state index is 12.5. The minimum Gasteiger partial charge on any atom is -0.497 e. The Morgan fingerprint density at radius 1 is 1.11 bits per heavy atom. The molecule has 0 fully saturated rings. The summed E-state index contributed by atoms with van der Waals surface area (Å²) < 4.78 is 5.14. The van der Waals surface area contributed by atoms with Gasteiger partial charge in [0.25, 0.3) is 0 Å². The molecule has 0 aliphatic carbocycles. The number of hydrogen-bond donors (Lipinski definition) is 1. The molecule has 150 valence electrons. The van der Waals surface area contributed by atoms with Crippen LogP contribution in [0.1, 0.15) is 18.5 Å². The van der Waals surface area contributed by atoms with E-state index in [-0.39, 0.29) is 30.9 Å². The van der Waals surface area contributed by atoms with Crippen LogP contribution in [0.5, 0.6) is 5.75 Å². The summed E-state index contributed by atoms with van der Waals surface area (Å²) in [5, 5.41) is 3.43. The number of nitrogens with one attached hydrogen (secondary N) is 1. The predicted molar refractivity (Wildman–Crippen MR) is 112 cm³/mol. The first-order valence-electron chi connectivity index (χ1n) is 8.93. The number of carbonyl (C=O) groups is 2. The monoisotopic (exact) mass is 403 g/mol. The van der Waals surface area contributed by atoms with Crippen molar-refractivity contribution in [2.24, 2.45) is 0 Å². The van der Waals surface area contributed by atoms with Gasteiger partial charge >= 0.3 is 0 Å². The van der Waals surface area contributed by atoms with Gasteiger partial charge in [-0.15, -0.1) is 0 Å². The zero-order chi connectivity index (χ0) is 20.7. The second-order valence-electron chi connectivity index (χ2n) is 6.68. The molecule has 0 aliphatic rings. The van der Waals surface area contributed by atoms with Gasteiger partial charge in [0, 0.05) is 29.9 Å². The third-order valence-corrected chi connectivity index (χ3v) is 4.77. The van der Waals surface area contributed by atoms with E-state index in [4.69, 9.17) is 16.3 Å². The summed E-state index contributed by atoms with van der Waals surface area (Å²) in [6.45, 7) is 2.17. The maximum Gasteiger partial charge on any atom is 0.243 e. The molecule has 0 aliphatic heterocycles. The third kappa shape index (κ3) is 6.25. The minimum absolute atomic E-state index is 0.0154. The maximum absolute atomic E-state index is 12.5.